The van der Waals surface area contributed by atoms with Crippen molar-refractivity contribution in [1.82, 2.24) is 20.3 Å². The summed E-state index contributed by atoms with van der Waals surface area (Å²) in [5.41, 5.74) is 1.56. The highest BCUT2D eigenvalue weighted by Crippen LogP contribution is 2.39. The van der Waals surface area contributed by atoms with Gasteiger partial charge in [0.05, 0.1) is 21.3 Å². The number of hydrogen-bond donors (Lipinski definition) is 3. The number of hydrogen-bond acceptors (Lipinski definition) is 7. The molecule has 2 heterocycles. The van der Waals surface area contributed by atoms with Crippen molar-refractivity contribution >= 4 is 44.5 Å². The Morgan fingerprint density at radius 1 is 1.11 bits per heavy atom. The van der Waals surface area contributed by atoms with Crippen LogP contribution in [-0.2, 0) is 4.79 Å². The summed E-state index contributed by atoms with van der Waals surface area (Å²) < 4.78 is 0.933. The van der Waals surface area contributed by atoms with Crippen LogP contribution in [0.15, 0.2) is 42.7 Å². The van der Waals surface area contributed by atoms with E-state index >= 15 is 0 Å². The van der Waals surface area contributed by atoms with Gasteiger partial charge in [0, 0.05) is 12.4 Å². The van der Waals surface area contributed by atoms with Crippen molar-refractivity contribution in [3.05, 3.63) is 48.3 Å². The molecule has 0 fully saturated rings. The van der Waals surface area contributed by atoms with E-state index in [4.69, 9.17) is 5.11 Å². The average molecular weight is 380 g/mol. The smallest absolute Gasteiger partial charge is 0.322 e. The molecule has 3 N–H and O–H groups in total. The molecular formula is C18H12N4O4S. The number of nitrogens with one attached hydrogen (secondary N) is 1. The normalized spacial score (nSPS) is 11.0. The lowest BCUT2D eigenvalue weighted by Crippen LogP contribution is -2.29. The second-order valence-corrected chi connectivity index (χ2v) is 6.67. The van der Waals surface area contributed by atoms with E-state index in [0.29, 0.717) is 16.1 Å². The Kier molecular flexibility index (Phi) is 4.13. The maximum absolute atomic E-state index is 12.5. The van der Waals surface area contributed by atoms with Crippen molar-refractivity contribution < 1.29 is 19.8 Å². The summed E-state index contributed by atoms with van der Waals surface area (Å²) in [5.74, 6) is -2.26. The second-order valence-electron chi connectivity index (χ2n) is 5.63. The van der Waals surface area contributed by atoms with Crippen LogP contribution in [0.4, 0.5) is 0 Å². The van der Waals surface area contributed by atoms with E-state index in [1.165, 1.54) is 23.7 Å². The first kappa shape index (κ1) is 16.9. The Bertz CT molecular complexity index is 1170. The summed E-state index contributed by atoms with van der Waals surface area (Å²) in [4.78, 5) is 36.1. The topological polar surface area (TPSA) is 125 Å². The highest BCUT2D eigenvalue weighted by atomic mass is 32.1. The summed E-state index contributed by atoms with van der Waals surface area (Å²) in [5, 5.41) is 22.4. The number of phenolic OH excluding ortho intramolecular Hbond substituents is 1. The summed E-state index contributed by atoms with van der Waals surface area (Å²) in [6, 6.07) is 9.13. The summed E-state index contributed by atoms with van der Waals surface area (Å²) in [7, 11) is 0. The van der Waals surface area contributed by atoms with E-state index in [2.05, 4.69) is 20.3 Å². The number of carboxylic acid groups (broad SMARTS) is 1. The number of benzene rings is 2. The van der Waals surface area contributed by atoms with Crippen molar-refractivity contribution in [2.75, 3.05) is 6.54 Å². The van der Waals surface area contributed by atoms with Gasteiger partial charge in [-0.2, -0.15) is 0 Å². The molecule has 0 saturated heterocycles. The molecule has 134 valence electrons. The van der Waals surface area contributed by atoms with Gasteiger partial charge >= 0.3 is 5.97 Å². The van der Waals surface area contributed by atoms with E-state index in [1.54, 1.807) is 6.07 Å². The molecule has 0 radical (unpaired) electrons. The maximum atomic E-state index is 12.5. The first-order chi connectivity index (χ1) is 13.0. The largest absolute Gasteiger partial charge is 0.506 e. The van der Waals surface area contributed by atoms with Crippen molar-refractivity contribution in [3.8, 4) is 16.3 Å². The molecule has 1 amide bonds. The molecule has 4 rings (SSSR count). The Morgan fingerprint density at radius 2 is 1.89 bits per heavy atom. The molecule has 4 aromatic rings. The van der Waals surface area contributed by atoms with Gasteiger partial charge in [-0.15, -0.1) is 11.3 Å². The van der Waals surface area contributed by atoms with E-state index in [9.17, 15) is 14.7 Å². The van der Waals surface area contributed by atoms with Gasteiger partial charge in [-0.25, -0.2) is 4.98 Å². The van der Waals surface area contributed by atoms with Crippen molar-refractivity contribution in [3.63, 3.8) is 0 Å². The lowest BCUT2D eigenvalue weighted by Gasteiger charge is -2.11. The van der Waals surface area contributed by atoms with Crippen LogP contribution in [0, 0.1) is 0 Å². The van der Waals surface area contributed by atoms with Crippen LogP contribution < -0.4 is 5.32 Å². The Hall–Kier alpha value is -3.59. The molecule has 0 aliphatic rings. The van der Waals surface area contributed by atoms with Crippen LogP contribution in [-0.4, -0.2) is 43.6 Å². The zero-order valence-corrected chi connectivity index (χ0v) is 14.5. The first-order valence-corrected chi connectivity index (χ1v) is 8.69. The van der Waals surface area contributed by atoms with Gasteiger partial charge in [0.1, 0.15) is 28.4 Å². The van der Waals surface area contributed by atoms with Crippen LogP contribution in [0.3, 0.4) is 0 Å². The van der Waals surface area contributed by atoms with Gasteiger partial charge in [-0.1, -0.05) is 12.1 Å². The van der Waals surface area contributed by atoms with Crippen LogP contribution >= 0.6 is 11.3 Å². The van der Waals surface area contributed by atoms with Gasteiger partial charge in [-0.05, 0) is 18.2 Å². The number of para-hydroxylation sites is 1. The van der Waals surface area contributed by atoms with Gasteiger partial charge in [0.15, 0.2) is 0 Å². The first-order valence-electron chi connectivity index (χ1n) is 7.87. The van der Waals surface area contributed by atoms with Crippen molar-refractivity contribution in [2.45, 2.75) is 0 Å². The van der Waals surface area contributed by atoms with Gasteiger partial charge in [0.2, 0.25) is 0 Å². The summed E-state index contributed by atoms with van der Waals surface area (Å²) >= 11 is 1.37. The molecule has 0 unspecified atom stereocenters. The molecule has 9 heteroatoms. The average Bonchev–Trinajstić information content (AvgIpc) is 3.09. The zero-order valence-electron chi connectivity index (χ0n) is 13.7. The number of aromatic nitrogens is 3. The third-order valence-electron chi connectivity index (χ3n) is 3.89. The lowest BCUT2D eigenvalue weighted by molar-refractivity contribution is -0.135. The highest BCUT2D eigenvalue weighted by molar-refractivity contribution is 7.21. The number of carbonyl (C=O) groups excluding carboxylic acids is 1. The Labute approximate surface area is 156 Å². The number of amides is 1. The molecule has 0 atom stereocenters. The van der Waals surface area contributed by atoms with Crippen molar-refractivity contribution in [2.24, 2.45) is 0 Å². The minimum absolute atomic E-state index is 0.129. The standard InChI is InChI=1S/C18H12N4O4S/c23-13(24)8-21-17(26)14-15-11(19-5-6-20-15)7-9(16(14)25)18-22-10-3-1-2-4-12(10)27-18/h1-7,25H,8H2,(H,21,26)(H,23,24). The number of rotatable bonds is 4. The minimum Gasteiger partial charge on any atom is -0.506 e. The maximum Gasteiger partial charge on any atom is 0.322 e. The second kappa shape index (κ2) is 6.61. The molecule has 0 spiro atoms. The van der Waals surface area contributed by atoms with Gasteiger partial charge < -0.3 is 15.5 Å². The number of carbonyl (C=O) groups is 2. The predicted octanol–water partition coefficient (Wildman–Crippen LogP) is 2.43. The number of carboxylic acids is 1. The van der Waals surface area contributed by atoms with Crippen LogP contribution in [0.25, 0.3) is 31.8 Å². The molecule has 0 saturated carbocycles. The molecule has 0 aliphatic carbocycles. The van der Waals surface area contributed by atoms with Crippen LogP contribution in [0.5, 0.6) is 5.75 Å². The van der Waals surface area contributed by atoms with E-state index < -0.39 is 18.4 Å². The lowest BCUT2D eigenvalue weighted by atomic mass is 10.1. The Morgan fingerprint density at radius 3 is 2.67 bits per heavy atom. The van der Waals surface area contributed by atoms with E-state index in [1.807, 2.05) is 24.3 Å². The minimum atomic E-state index is -1.19. The molecule has 0 bridgehead atoms. The van der Waals surface area contributed by atoms with E-state index in [0.717, 1.165) is 10.2 Å². The van der Waals surface area contributed by atoms with Gasteiger partial charge in [0.25, 0.3) is 5.91 Å². The van der Waals surface area contributed by atoms with Crippen LogP contribution in [0.1, 0.15) is 10.4 Å². The fourth-order valence-electron chi connectivity index (χ4n) is 2.71. The van der Waals surface area contributed by atoms with Crippen molar-refractivity contribution in [1.29, 1.82) is 0 Å². The SMILES string of the molecule is O=C(O)CNC(=O)c1c(O)c(-c2nc3ccccc3s2)cc2nccnc12. The third-order valence-corrected chi connectivity index (χ3v) is 4.96. The molecule has 2 aromatic heterocycles. The number of nitrogens with zero attached hydrogens (tertiary/aromatic N) is 3. The number of thiazole rings is 1. The fourth-order valence-corrected chi connectivity index (χ4v) is 3.69. The number of aliphatic carboxylic acids is 1. The fraction of sp³-hybridized carbons (Fsp3) is 0.0556. The number of fused-ring (bicyclic) bond motifs is 2. The van der Waals surface area contributed by atoms with Gasteiger partial charge in [-0.3, -0.25) is 19.6 Å². The molecule has 2 aromatic carbocycles. The quantitative estimate of drug-likeness (QED) is 0.496. The molecule has 0 aliphatic heterocycles. The number of aromatic hydroxyl groups is 1. The van der Waals surface area contributed by atoms with Crippen LogP contribution in [0.2, 0.25) is 0 Å². The summed E-state index contributed by atoms with van der Waals surface area (Å²) in [6.07, 6.45) is 2.87. The van der Waals surface area contributed by atoms with E-state index in [-0.39, 0.29) is 16.8 Å². The zero-order chi connectivity index (χ0) is 19.0. The highest BCUT2D eigenvalue weighted by Gasteiger charge is 2.23. The third kappa shape index (κ3) is 3.04. The predicted molar refractivity (Wildman–Crippen MR) is 99.8 cm³/mol. The Balaban J connectivity index is 1.92. The molecular weight excluding hydrogens is 368 g/mol. The monoisotopic (exact) mass is 380 g/mol. The molecule has 8 nitrogen and oxygen atoms in total. The number of phenols is 1. The molecule has 27 heavy (non-hydrogen) atoms. The summed E-state index contributed by atoms with van der Waals surface area (Å²) in [6.45, 7) is -0.578.